The van der Waals surface area contributed by atoms with E-state index in [1.165, 1.54) is 19.3 Å². The first kappa shape index (κ1) is 28.8. The molecule has 0 spiro atoms. The normalized spacial score (nSPS) is 8.23. The van der Waals surface area contributed by atoms with Crippen molar-refractivity contribution in [2.24, 2.45) is 11.5 Å². The summed E-state index contributed by atoms with van der Waals surface area (Å²) in [6, 6.07) is 0. The fourth-order valence-corrected chi connectivity index (χ4v) is 0.732. The molecule has 134 valence electrons. The third-order valence-electron chi connectivity index (χ3n) is 1.77. The van der Waals surface area contributed by atoms with Gasteiger partial charge < -0.3 is 16.8 Å². The largest absolute Gasteiger partial charge is 0.349 e. The van der Waals surface area contributed by atoms with Crippen LogP contribution in [0.4, 0.5) is 0 Å². The number of unbranched alkanes of at least 4 members (excludes halogenated alkanes) is 1. The molecule has 0 bridgehead atoms. The van der Waals surface area contributed by atoms with Gasteiger partial charge in [-0.2, -0.15) is 0 Å². The fourth-order valence-electron chi connectivity index (χ4n) is 0.732. The molecule has 0 unspecified atom stereocenters. The van der Waals surface area contributed by atoms with Crippen molar-refractivity contribution < 1.29 is 14.4 Å². The van der Waals surface area contributed by atoms with Crippen LogP contribution in [0.3, 0.4) is 0 Å². The van der Waals surface area contributed by atoms with Crippen molar-refractivity contribution in [3.8, 4) is 0 Å². The van der Waals surface area contributed by atoms with Gasteiger partial charge in [0.25, 0.3) is 5.91 Å². The van der Waals surface area contributed by atoms with Crippen LogP contribution in [0.15, 0.2) is 0 Å². The molecule has 0 rings (SSSR count). The number of carbonyl (C=O) groups excluding carboxylic acids is 3. The molecule has 1 amide bonds. The Hall–Kier alpha value is -1.27. The van der Waals surface area contributed by atoms with Crippen LogP contribution in [0.2, 0.25) is 0 Å². The summed E-state index contributed by atoms with van der Waals surface area (Å²) in [4.78, 5) is 31.1. The third kappa shape index (κ3) is 42.8. The molecule has 0 aromatic carbocycles. The van der Waals surface area contributed by atoms with Gasteiger partial charge in [-0.15, -0.1) is 0 Å². The van der Waals surface area contributed by atoms with Gasteiger partial charge in [-0.25, -0.2) is 0 Å². The van der Waals surface area contributed by atoms with Crippen LogP contribution in [0.5, 0.6) is 0 Å². The van der Waals surface area contributed by atoms with Gasteiger partial charge in [0.1, 0.15) is 5.78 Å². The van der Waals surface area contributed by atoms with Crippen LogP contribution in [0, 0.1) is 0 Å². The van der Waals surface area contributed by atoms with Crippen molar-refractivity contribution in [3.05, 3.63) is 0 Å². The molecule has 6 nitrogen and oxygen atoms in total. The molecule has 6 heteroatoms. The van der Waals surface area contributed by atoms with E-state index in [1.807, 2.05) is 13.8 Å². The Morgan fingerprint density at radius 3 is 1.73 bits per heavy atom. The Morgan fingerprint density at radius 2 is 1.45 bits per heavy atom. The monoisotopic (exact) mass is 319 g/mol. The molecule has 0 aliphatic rings. The molecule has 0 aromatic rings. The molecule has 0 atom stereocenters. The smallest absolute Gasteiger partial charge is 0.284 e. The summed E-state index contributed by atoms with van der Waals surface area (Å²) in [5.41, 5.74) is 10.3. The highest BCUT2D eigenvalue weighted by Gasteiger charge is 2.05. The molecule has 0 heterocycles. The lowest BCUT2D eigenvalue weighted by molar-refractivity contribution is -0.131. The highest BCUT2D eigenvalue weighted by molar-refractivity contribution is 6.23. The van der Waals surface area contributed by atoms with Crippen LogP contribution in [-0.4, -0.2) is 30.7 Å². The Balaban J connectivity index is -0.000000149. The molecule has 0 aliphatic heterocycles. The molecular weight excluding hydrogens is 282 g/mol. The van der Waals surface area contributed by atoms with E-state index in [9.17, 15) is 14.4 Å². The molecule has 5 N–H and O–H groups in total. The lowest BCUT2D eigenvalue weighted by Gasteiger charge is -2.03. The van der Waals surface area contributed by atoms with E-state index < -0.39 is 12.1 Å². The number of nitrogens with one attached hydrogen (secondary N) is 1. The minimum atomic E-state index is -0.732. The van der Waals surface area contributed by atoms with Crippen molar-refractivity contribution in [2.45, 2.75) is 79.8 Å². The van der Waals surface area contributed by atoms with Gasteiger partial charge >= 0.3 is 0 Å². The van der Waals surface area contributed by atoms with Gasteiger partial charge in [0, 0.05) is 19.4 Å². The molecule has 0 fully saturated rings. The fraction of sp³-hybridized carbons (Fsp3) is 0.812. The Morgan fingerprint density at radius 1 is 1.05 bits per heavy atom. The van der Waals surface area contributed by atoms with Gasteiger partial charge in [-0.3, -0.25) is 14.4 Å². The molecular formula is C16H37N3O3. The summed E-state index contributed by atoms with van der Waals surface area (Å²) in [5.74, 6) is -0.869. The Kier molecular flexibility index (Phi) is 36.7. The van der Waals surface area contributed by atoms with Gasteiger partial charge in [-0.1, -0.05) is 60.8 Å². The van der Waals surface area contributed by atoms with Crippen molar-refractivity contribution in [2.75, 3.05) is 6.54 Å². The standard InChI is InChI=1S/C7H13N3O3.C4H10.C3H8.C2H6/c8-6(9)3-5(12)1-2-10-7(13)4-11;1-3-4-2;1-3-2;1-2/h4,6H,1-3,8-9H2,(H,10,13);3-4H2,1-2H3;3H2,1-2H3;1-2H3. The molecule has 0 saturated heterocycles. The number of ketones is 1. The zero-order valence-corrected chi connectivity index (χ0v) is 15.3. The van der Waals surface area contributed by atoms with Gasteiger partial charge in [-0.05, 0) is 0 Å². The summed E-state index contributed by atoms with van der Waals surface area (Å²) in [6.45, 7) is 12.8. The number of aldehydes is 1. The topological polar surface area (TPSA) is 115 Å². The average Bonchev–Trinajstić information content (AvgIpc) is 2.49. The molecule has 0 aromatic heterocycles. The second kappa shape index (κ2) is 28.0. The number of Topliss-reactive ketones (excluding diaryl/α,β-unsaturated/α-hetero) is 1. The van der Waals surface area contributed by atoms with E-state index in [0.717, 1.165) is 0 Å². The highest BCUT2D eigenvalue weighted by Crippen LogP contribution is 1.88. The van der Waals surface area contributed by atoms with Crippen LogP contribution in [0.25, 0.3) is 0 Å². The van der Waals surface area contributed by atoms with Gasteiger partial charge in [0.15, 0.2) is 0 Å². The molecule has 0 aliphatic carbocycles. The lowest BCUT2D eigenvalue weighted by Crippen LogP contribution is -2.34. The van der Waals surface area contributed by atoms with E-state index in [4.69, 9.17) is 11.5 Å². The second-order valence-electron chi connectivity index (χ2n) is 4.27. The number of carbonyl (C=O) groups is 3. The number of amides is 1. The summed E-state index contributed by atoms with van der Waals surface area (Å²) in [6.07, 6.45) is 3.61. The number of nitrogens with two attached hydrogens (primary N) is 2. The zero-order valence-electron chi connectivity index (χ0n) is 15.3. The van der Waals surface area contributed by atoms with Crippen molar-refractivity contribution >= 4 is 18.0 Å². The minimum absolute atomic E-state index is 0.0803. The van der Waals surface area contributed by atoms with E-state index >= 15 is 0 Å². The molecule has 22 heavy (non-hydrogen) atoms. The lowest BCUT2D eigenvalue weighted by atomic mass is 10.2. The second-order valence-corrected chi connectivity index (χ2v) is 4.27. The Bertz CT molecular complexity index is 243. The quantitative estimate of drug-likeness (QED) is 0.378. The summed E-state index contributed by atoms with van der Waals surface area (Å²) in [7, 11) is 0. The summed E-state index contributed by atoms with van der Waals surface area (Å²) < 4.78 is 0. The molecule has 0 radical (unpaired) electrons. The van der Waals surface area contributed by atoms with E-state index in [0.29, 0.717) is 0 Å². The van der Waals surface area contributed by atoms with Crippen LogP contribution >= 0.6 is 0 Å². The Labute approximate surface area is 136 Å². The van der Waals surface area contributed by atoms with Crippen LogP contribution < -0.4 is 16.8 Å². The van der Waals surface area contributed by atoms with Crippen molar-refractivity contribution in [1.82, 2.24) is 5.32 Å². The summed E-state index contributed by atoms with van der Waals surface area (Å²) in [5, 5.41) is 2.23. The van der Waals surface area contributed by atoms with E-state index in [2.05, 4.69) is 33.0 Å². The first-order valence-electron chi connectivity index (χ1n) is 8.15. The van der Waals surface area contributed by atoms with Crippen LogP contribution in [-0.2, 0) is 14.4 Å². The maximum absolute atomic E-state index is 10.9. The predicted octanol–water partition coefficient (Wildman–Crippen LogP) is 2.14. The van der Waals surface area contributed by atoms with Gasteiger partial charge in [0.2, 0.25) is 6.29 Å². The van der Waals surface area contributed by atoms with E-state index in [-0.39, 0.29) is 31.5 Å². The van der Waals surface area contributed by atoms with Crippen molar-refractivity contribution in [1.29, 1.82) is 0 Å². The van der Waals surface area contributed by atoms with Gasteiger partial charge in [0.05, 0.1) is 6.17 Å². The zero-order chi connectivity index (χ0) is 18.4. The predicted molar refractivity (Wildman–Crippen MR) is 93.4 cm³/mol. The maximum atomic E-state index is 10.9. The summed E-state index contributed by atoms with van der Waals surface area (Å²) >= 11 is 0. The average molecular weight is 319 g/mol. The number of hydrogen-bond donors (Lipinski definition) is 3. The van der Waals surface area contributed by atoms with E-state index in [1.54, 1.807) is 0 Å². The highest BCUT2D eigenvalue weighted by atomic mass is 16.2. The molecule has 0 saturated carbocycles. The maximum Gasteiger partial charge on any atom is 0.284 e. The first-order chi connectivity index (χ1) is 10.4. The van der Waals surface area contributed by atoms with Crippen LogP contribution in [0.1, 0.15) is 73.6 Å². The SMILES string of the molecule is CC.CCC.CCCC.NC(N)CC(=O)CCNC(=O)C=O. The minimum Gasteiger partial charge on any atom is -0.349 e. The van der Waals surface area contributed by atoms with Crippen molar-refractivity contribution in [3.63, 3.8) is 0 Å². The third-order valence-corrected chi connectivity index (χ3v) is 1.77. The first-order valence-corrected chi connectivity index (χ1v) is 8.15. The number of hydrogen-bond acceptors (Lipinski definition) is 5. The number of rotatable bonds is 7.